The number of nitrogens with zero attached hydrogens (tertiary/aromatic N) is 7. The van der Waals surface area contributed by atoms with Gasteiger partial charge in [0.2, 0.25) is 0 Å². The molecule has 4 heterocycles. The third-order valence-electron chi connectivity index (χ3n) is 5.86. The molecule has 33 heavy (non-hydrogen) atoms. The first-order chi connectivity index (χ1) is 15.9. The van der Waals surface area contributed by atoms with Gasteiger partial charge in [-0.1, -0.05) is 11.6 Å². The Hall–Kier alpha value is -4.14. The summed E-state index contributed by atoms with van der Waals surface area (Å²) in [5.41, 5.74) is 6.44. The summed E-state index contributed by atoms with van der Waals surface area (Å²) in [5, 5.41) is 12.1. The quantitative estimate of drug-likeness (QED) is 0.447. The lowest BCUT2D eigenvalue weighted by atomic mass is 10.1. The summed E-state index contributed by atoms with van der Waals surface area (Å²) < 4.78 is 1.92. The standard InChI is InChI=1S/C24H24N8O/c1-5-32-15(3)17(11-27-32)13-31(4)24(33)22-18-8-14(2)6-7-19(18)28-23(29-22)16-9-20-21(25-10-16)12-26-30-20/h6-12H,5,13H2,1-4H3,(H,26,30). The summed E-state index contributed by atoms with van der Waals surface area (Å²) in [4.78, 5) is 29.1. The zero-order chi connectivity index (χ0) is 23.1. The fourth-order valence-corrected chi connectivity index (χ4v) is 3.95. The van der Waals surface area contributed by atoms with Gasteiger partial charge in [0.15, 0.2) is 5.82 Å². The molecule has 0 saturated heterocycles. The fourth-order valence-electron chi connectivity index (χ4n) is 3.95. The van der Waals surface area contributed by atoms with Crippen molar-refractivity contribution in [1.82, 2.24) is 39.8 Å². The van der Waals surface area contributed by atoms with Crippen molar-refractivity contribution in [3.8, 4) is 11.4 Å². The number of hydrogen-bond acceptors (Lipinski definition) is 6. The van der Waals surface area contributed by atoms with Crippen LogP contribution in [-0.2, 0) is 13.1 Å². The van der Waals surface area contributed by atoms with Crippen LogP contribution in [0.15, 0.2) is 42.9 Å². The molecule has 5 rings (SSSR count). The van der Waals surface area contributed by atoms with E-state index in [1.165, 1.54) is 0 Å². The van der Waals surface area contributed by atoms with Gasteiger partial charge >= 0.3 is 0 Å². The molecule has 0 aliphatic rings. The third kappa shape index (κ3) is 3.71. The molecule has 0 aliphatic heterocycles. The molecule has 9 heteroatoms. The molecule has 0 unspecified atom stereocenters. The van der Waals surface area contributed by atoms with Crippen LogP contribution in [0.5, 0.6) is 0 Å². The highest BCUT2D eigenvalue weighted by atomic mass is 16.2. The number of aryl methyl sites for hydroxylation is 2. The number of carbonyl (C=O) groups excluding carboxylic acids is 1. The molecule has 1 aromatic carbocycles. The summed E-state index contributed by atoms with van der Waals surface area (Å²) >= 11 is 0. The van der Waals surface area contributed by atoms with Gasteiger partial charge in [-0.15, -0.1) is 0 Å². The number of nitrogens with one attached hydrogen (secondary N) is 1. The molecule has 1 N–H and O–H groups in total. The second-order valence-electron chi connectivity index (χ2n) is 8.18. The van der Waals surface area contributed by atoms with Gasteiger partial charge in [0.1, 0.15) is 11.2 Å². The van der Waals surface area contributed by atoms with E-state index in [-0.39, 0.29) is 5.91 Å². The number of benzene rings is 1. The van der Waals surface area contributed by atoms with Crippen molar-refractivity contribution in [3.63, 3.8) is 0 Å². The Kier molecular flexibility index (Phi) is 5.08. The van der Waals surface area contributed by atoms with Gasteiger partial charge in [-0.05, 0) is 39.0 Å². The molecule has 166 valence electrons. The zero-order valence-electron chi connectivity index (χ0n) is 19.0. The first kappa shape index (κ1) is 20.7. The second kappa shape index (κ2) is 8.09. The van der Waals surface area contributed by atoms with E-state index in [1.807, 2.05) is 55.9 Å². The van der Waals surface area contributed by atoms with Crippen molar-refractivity contribution < 1.29 is 4.79 Å². The van der Waals surface area contributed by atoms with Crippen molar-refractivity contribution in [2.24, 2.45) is 0 Å². The van der Waals surface area contributed by atoms with E-state index in [2.05, 4.69) is 20.3 Å². The second-order valence-corrected chi connectivity index (χ2v) is 8.18. The van der Waals surface area contributed by atoms with Crippen molar-refractivity contribution in [2.75, 3.05) is 7.05 Å². The van der Waals surface area contributed by atoms with E-state index in [9.17, 15) is 4.79 Å². The van der Waals surface area contributed by atoms with Crippen LogP contribution in [0.4, 0.5) is 0 Å². The molecule has 0 spiro atoms. The van der Waals surface area contributed by atoms with Gasteiger partial charge in [0.05, 0.1) is 23.4 Å². The number of amides is 1. The van der Waals surface area contributed by atoms with Gasteiger partial charge in [-0.2, -0.15) is 10.2 Å². The average Bonchev–Trinajstić information content (AvgIpc) is 3.43. The number of aromatic amines is 1. The van der Waals surface area contributed by atoms with Crippen LogP contribution in [-0.4, -0.2) is 52.8 Å². The molecule has 4 aromatic heterocycles. The van der Waals surface area contributed by atoms with Gasteiger partial charge in [-0.3, -0.25) is 19.6 Å². The van der Waals surface area contributed by atoms with E-state index >= 15 is 0 Å². The first-order valence-electron chi connectivity index (χ1n) is 10.8. The van der Waals surface area contributed by atoms with Gasteiger partial charge in [0, 0.05) is 48.5 Å². The summed E-state index contributed by atoms with van der Waals surface area (Å²) in [6.45, 7) is 7.29. The van der Waals surface area contributed by atoms with E-state index < -0.39 is 0 Å². The summed E-state index contributed by atoms with van der Waals surface area (Å²) in [5.74, 6) is 0.274. The number of hydrogen-bond donors (Lipinski definition) is 1. The lowest BCUT2D eigenvalue weighted by Crippen LogP contribution is -2.28. The molecule has 0 atom stereocenters. The SMILES string of the molecule is CCn1ncc(CN(C)C(=O)c2nc(-c3cnc4cn[nH]c4c3)nc3ccc(C)cc23)c1C. The summed E-state index contributed by atoms with van der Waals surface area (Å²) in [6.07, 6.45) is 5.19. The lowest BCUT2D eigenvalue weighted by molar-refractivity contribution is 0.0781. The largest absolute Gasteiger partial charge is 0.336 e. The average molecular weight is 441 g/mol. The van der Waals surface area contributed by atoms with Crippen LogP contribution < -0.4 is 0 Å². The minimum atomic E-state index is -0.173. The lowest BCUT2D eigenvalue weighted by Gasteiger charge is -2.18. The van der Waals surface area contributed by atoms with Crippen LogP contribution in [0.3, 0.4) is 0 Å². The van der Waals surface area contributed by atoms with Crippen LogP contribution in [0.25, 0.3) is 33.3 Å². The van der Waals surface area contributed by atoms with E-state index in [1.54, 1.807) is 24.3 Å². The number of H-pyrrole nitrogens is 1. The first-order valence-corrected chi connectivity index (χ1v) is 10.8. The Balaban J connectivity index is 1.58. The highest BCUT2D eigenvalue weighted by molar-refractivity contribution is 6.05. The molecular formula is C24H24N8O. The number of fused-ring (bicyclic) bond motifs is 2. The number of aromatic nitrogens is 7. The molecule has 0 fully saturated rings. The maximum atomic E-state index is 13.6. The molecule has 0 bridgehead atoms. The molecule has 0 saturated carbocycles. The highest BCUT2D eigenvalue weighted by Gasteiger charge is 2.21. The number of carbonyl (C=O) groups is 1. The Morgan fingerprint density at radius 1 is 1.09 bits per heavy atom. The van der Waals surface area contributed by atoms with Crippen LogP contribution in [0.1, 0.15) is 34.2 Å². The summed E-state index contributed by atoms with van der Waals surface area (Å²) in [6, 6.07) is 7.75. The Morgan fingerprint density at radius 2 is 1.94 bits per heavy atom. The zero-order valence-corrected chi connectivity index (χ0v) is 19.0. The predicted octanol–water partition coefficient (Wildman–Crippen LogP) is 3.67. The maximum Gasteiger partial charge on any atom is 0.273 e. The third-order valence-corrected chi connectivity index (χ3v) is 5.86. The van der Waals surface area contributed by atoms with Crippen molar-refractivity contribution in [1.29, 1.82) is 0 Å². The minimum Gasteiger partial charge on any atom is -0.336 e. The molecule has 1 amide bonds. The van der Waals surface area contributed by atoms with Crippen LogP contribution in [0.2, 0.25) is 0 Å². The smallest absolute Gasteiger partial charge is 0.273 e. The Morgan fingerprint density at radius 3 is 2.73 bits per heavy atom. The van der Waals surface area contributed by atoms with Crippen molar-refractivity contribution >= 4 is 27.8 Å². The van der Waals surface area contributed by atoms with Gasteiger partial charge in [0.25, 0.3) is 5.91 Å². The molecule has 5 aromatic rings. The van der Waals surface area contributed by atoms with Crippen LogP contribution in [0, 0.1) is 13.8 Å². The topological polar surface area (TPSA) is 105 Å². The van der Waals surface area contributed by atoms with Crippen LogP contribution >= 0.6 is 0 Å². The van der Waals surface area contributed by atoms with Crippen molar-refractivity contribution in [2.45, 2.75) is 33.9 Å². The van der Waals surface area contributed by atoms with E-state index in [0.29, 0.717) is 29.1 Å². The predicted molar refractivity (Wildman–Crippen MR) is 126 cm³/mol. The Labute approximate surface area is 190 Å². The molecular weight excluding hydrogens is 416 g/mol. The normalized spacial score (nSPS) is 11.4. The molecule has 0 radical (unpaired) electrons. The maximum absolute atomic E-state index is 13.6. The fraction of sp³-hybridized carbons (Fsp3) is 0.250. The Bertz CT molecular complexity index is 1500. The summed E-state index contributed by atoms with van der Waals surface area (Å²) in [7, 11) is 1.78. The van der Waals surface area contributed by atoms with E-state index in [0.717, 1.165) is 39.8 Å². The number of pyridine rings is 1. The minimum absolute atomic E-state index is 0.173. The molecule has 9 nitrogen and oxygen atoms in total. The van der Waals surface area contributed by atoms with Gasteiger partial charge in [-0.25, -0.2) is 9.97 Å². The van der Waals surface area contributed by atoms with Crippen molar-refractivity contribution in [3.05, 3.63) is 65.4 Å². The van der Waals surface area contributed by atoms with E-state index in [4.69, 9.17) is 9.97 Å². The molecule has 0 aliphatic carbocycles. The monoisotopic (exact) mass is 440 g/mol. The number of rotatable bonds is 5. The highest BCUT2D eigenvalue weighted by Crippen LogP contribution is 2.25. The van der Waals surface area contributed by atoms with Gasteiger partial charge < -0.3 is 4.90 Å².